The molecular formula is C23H30N6O4. The van der Waals surface area contributed by atoms with Crippen molar-refractivity contribution in [3.63, 3.8) is 0 Å². The number of hydrogen-bond donors (Lipinski definition) is 4. The maximum absolute atomic E-state index is 12.6. The van der Waals surface area contributed by atoms with Crippen molar-refractivity contribution >= 4 is 17.5 Å². The molecule has 3 aromatic rings. The van der Waals surface area contributed by atoms with Gasteiger partial charge in [0.2, 0.25) is 5.91 Å². The Bertz CT molecular complexity index is 1080. The number of aliphatic hydroxyl groups excluding tert-OH is 1. The Morgan fingerprint density at radius 3 is 2.64 bits per heavy atom. The van der Waals surface area contributed by atoms with Crippen molar-refractivity contribution in [2.24, 2.45) is 5.73 Å². The molecule has 2 amide bonds. The van der Waals surface area contributed by atoms with E-state index in [0.29, 0.717) is 36.6 Å². The van der Waals surface area contributed by atoms with Crippen molar-refractivity contribution in [1.82, 2.24) is 25.2 Å². The molecule has 0 aliphatic heterocycles. The van der Waals surface area contributed by atoms with Gasteiger partial charge in [0.25, 0.3) is 5.91 Å². The third-order valence-electron chi connectivity index (χ3n) is 4.92. The average molecular weight is 455 g/mol. The fraction of sp³-hybridized carbons (Fsp3) is 0.391. The molecule has 1 aromatic carbocycles. The van der Waals surface area contributed by atoms with Crippen LogP contribution >= 0.6 is 0 Å². The highest BCUT2D eigenvalue weighted by atomic mass is 16.5. The average Bonchev–Trinajstić information content (AvgIpc) is 3.22. The number of carbonyl (C=O) groups excluding carboxylic acids is 2. The summed E-state index contributed by atoms with van der Waals surface area (Å²) in [5.74, 6) is -0.275. The van der Waals surface area contributed by atoms with Crippen LogP contribution in [0.2, 0.25) is 0 Å². The number of amides is 2. The molecule has 0 bridgehead atoms. The largest absolute Gasteiger partial charge is 0.396 e. The predicted octanol–water partition coefficient (Wildman–Crippen LogP) is 0.953. The first kappa shape index (κ1) is 24.3. The van der Waals surface area contributed by atoms with Gasteiger partial charge in [0.15, 0.2) is 11.5 Å². The van der Waals surface area contributed by atoms with Gasteiger partial charge in [0.05, 0.1) is 24.3 Å². The number of ether oxygens (including phenoxy) is 1. The molecule has 0 radical (unpaired) electrons. The minimum Gasteiger partial charge on any atom is -0.396 e. The molecule has 10 heteroatoms. The van der Waals surface area contributed by atoms with E-state index < -0.39 is 11.6 Å². The van der Waals surface area contributed by atoms with Gasteiger partial charge in [-0.25, -0.2) is 0 Å². The number of benzene rings is 1. The Hall–Kier alpha value is -3.34. The lowest BCUT2D eigenvalue weighted by molar-refractivity contribution is -0.126. The highest BCUT2D eigenvalue weighted by Crippen LogP contribution is 2.18. The molecule has 10 nitrogen and oxygen atoms in total. The molecule has 0 aliphatic carbocycles. The number of aliphatic hydroxyl groups is 1. The highest BCUT2D eigenvalue weighted by Gasteiger charge is 2.28. The van der Waals surface area contributed by atoms with Crippen LogP contribution in [0.25, 0.3) is 5.65 Å². The molecular weight excluding hydrogens is 424 g/mol. The lowest BCUT2D eigenvalue weighted by Gasteiger charge is -2.23. The second-order valence-electron chi connectivity index (χ2n) is 8.26. The van der Waals surface area contributed by atoms with Gasteiger partial charge in [-0.15, -0.1) is 10.2 Å². The maximum Gasteiger partial charge on any atom is 0.255 e. The molecule has 0 fully saturated rings. The number of nitrogens with zero attached hydrogens (tertiary/aromatic N) is 3. The minimum absolute atomic E-state index is 0.0125. The van der Waals surface area contributed by atoms with E-state index >= 15 is 0 Å². The predicted molar refractivity (Wildman–Crippen MR) is 122 cm³/mol. The molecule has 2 aromatic heterocycles. The maximum atomic E-state index is 12.6. The lowest BCUT2D eigenvalue weighted by Crippen LogP contribution is -2.50. The normalized spacial score (nSPS) is 12.5. The monoisotopic (exact) mass is 454 g/mol. The van der Waals surface area contributed by atoms with Gasteiger partial charge < -0.3 is 26.2 Å². The van der Waals surface area contributed by atoms with Crippen LogP contribution in [0, 0.1) is 0 Å². The molecule has 0 aliphatic rings. The summed E-state index contributed by atoms with van der Waals surface area (Å²) in [6, 6.07) is 12.4. The fourth-order valence-corrected chi connectivity index (χ4v) is 3.12. The molecule has 3 rings (SSSR count). The van der Waals surface area contributed by atoms with Gasteiger partial charge in [-0.3, -0.25) is 14.0 Å². The van der Waals surface area contributed by atoms with Crippen LogP contribution in [-0.4, -0.2) is 56.8 Å². The van der Waals surface area contributed by atoms with Gasteiger partial charge in [-0.2, -0.15) is 0 Å². The summed E-state index contributed by atoms with van der Waals surface area (Å²) >= 11 is 0. The molecule has 0 unspecified atom stereocenters. The third-order valence-corrected chi connectivity index (χ3v) is 4.92. The molecule has 176 valence electrons. The van der Waals surface area contributed by atoms with E-state index in [4.69, 9.17) is 15.6 Å². The van der Waals surface area contributed by atoms with Gasteiger partial charge in [-0.1, -0.05) is 30.3 Å². The van der Waals surface area contributed by atoms with E-state index in [0.717, 1.165) is 5.56 Å². The zero-order valence-corrected chi connectivity index (χ0v) is 18.8. The van der Waals surface area contributed by atoms with Gasteiger partial charge >= 0.3 is 0 Å². The summed E-state index contributed by atoms with van der Waals surface area (Å²) in [6.07, 6.45) is 2.17. The Morgan fingerprint density at radius 1 is 1.18 bits per heavy atom. The molecule has 2 heterocycles. The van der Waals surface area contributed by atoms with Crippen LogP contribution in [0.4, 0.5) is 0 Å². The van der Waals surface area contributed by atoms with Crippen molar-refractivity contribution in [2.45, 2.75) is 38.5 Å². The fourth-order valence-electron chi connectivity index (χ4n) is 3.12. The second-order valence-corrected chi connectivity index (χ2v) is 8.26. The highest BCUT2D eigenvalue weighted by molar-refractivity contribution is 5.99. The van der Waals surface area contributed by atoms with Crippen LogP contribution in [0.15, 0.2) is 48.7 Å². The number of pyridine rings is 1. The standard InChI is InChI=1S/C23H30N6O4/c1-23(2,24)22(32)26-18(15-33-14-16-8-4-3-5-9-16)20-28-27-19-17(10-6-12-29(19)20)21(31)25-11-7-13-30/h3-6,8-10,12,18,30H,7,11,13-15,24H2,1-2H3,(H,25,31)(H,26,32)/t18-/m1/s1. The van der Waals surface area contributed by atoms with Crippen molar-refractivity contribution in [1.29, 1.82) is 0 Å². The van der Waals surface area contributed by atoms with Crippen LogP contribution in [0.1, 0.15) is 48.1 Å². The smallest absolute Gasteiger partial charge is 0.255 e. The van der Waals surface area contributed by atoms with E-state index in [1.807, 2.05) is 30.3 Å². The van der Waals surface area contributed by atoms with Crippen molar-refractivity contribution in [3.05, 3.63) is 65.6 Å². The molecule has 0 saturated heterocycles. The van der Waals surface area contributed by atoms with Gasteiger partial charge in [-0.05, 0) is 38.0 Å². The Kier molecular flexibility index (Phi) is 8.10. The quantitative estimate of drug-likeness (QED) is 0.316. The van der Waals surface area contributed by atoms with Crippen molar-refractivity contribution < 1.29 is 19.4 Å². The number of fused-ring (bicyclic) bond motifs is 1. The minimum atomic E-state index is -1.10. The Labute approximate surface area is 192 Å². The lowest BCUT2D eigenvalue weighted by atomic mass is 10.1. The Morgan fingerprint density at radius 2 is 1.94 bits per heavy atom. The SMILES string of the molecule is CC(C)(N)C(=O)N[C@H](COCc1ccccc1)c1nnc2c(C(=O)NCCCO)cccn12. The van der Waals surface area contributed by atoms with Crippen molar-refractivity contribution in [3.8, 4) is 0 Å². The first-order chi connectivity index (χ1) is 15.8. The first-order valence-corrected chi connectivity index (χ1v) is 10.8. The molecule has 0 saturated carbocycles. The second kappa shape index (κ2) is 11.0. The molecule has 33 heavy (non-hydrogen) atoms. The van der Waals surface area contributed by atoms with E-state index in [1.54, 1.807) is 36.6 Å². The van der Waals surface area contributed by atoms with Crippen LogP contribution in [0.3, 0.4) is 0 Å². The topological polar surface area (TPSA) is 144 Å². The summed E-state index contributed by atoms with van der Waals surface area (Å²) < 4.78 is 7.53. The first-order valence-electron chi connectivity index (χ1n) is 10.8. The van der Waals surface area contributed by atoms with E-state index in [-0.39, 0.29) is 25.0 Å². The molecule has 0 spiro atoms. The zero-order valence-electron chi connectivity index (χ0n) is 18.8. The third kappa shape index (κ3) is 6.35. The Balaban J connectivity index is 1.85. The molecule has 1 atom stereocenters. The summed E-state index contributed by atoms with van der Waals surface area (Å²) in [7, 11) is 0. The van der Waals surface area contributed by atoms with E-state index in [2.05, 4.69) is 20.8 Å². The van der Waals surface area contributed by atoms with Crippen LogP contribution in [-0.2, 0) is 16.1 Å². The zero-order chi connectivity index (χ0) is 23.8. The summed E-state index contributed by atoms with van der Waals surface area (Å²) in [5.41, 5.74) is 6.55. The molecule has 5 N–H and O–H groups in total. The number of rotatable bonds is 11. The van der Waals surface area contributed by atoms with Crippen LogP contribution in [0.5, 0.6) is 0 Å². The van der Waals surface area contributed by atoms with Gasteiger partial charge in [0, 0.05) is 19.3 Å². The number of aromatic nitrogens is 3. The number of carbonyl (C=O) groups is 2. The summed E-state index contributed by atoms with van der Waals surface area (Å²) in [5, 5.41) is 23.0. The summed E-state index contributed by atoms with van der Waals surface area (Å²) in [6.45, 7) is 4.04. The summed E-state index contributed by atoms with van der Waals surface area (Å²) in [4.78, 5) is 25.2. The van der Waals surface area contributed by atoms with E-state index in [9.17, 15) is 9.59 Å². The van der Waals surface area contributed by atoms with Gasteiger partial charge in [0.1, 0.15) is 6.04 Å². The number of hydrogen-bond acceptors (Lipinski definition) is 7. The van der Waals surface area contributed by atoms with E-state index in [1.165, 1.54) is 0 Å². The number of nitrogens with one attached hydrogen (secondary N) is 2. The number of nitrogens with two attached hydrogens (primary N) is 1. The van der Waals surface area contributed by atoms with Crippen LogP contribution < -0.4 is 16.4 Å². The van der Waals surface area contributed by atoms with Crippen molar-refractivity contribution in [2.75, 3.05) is 19.8 Å².